The number of rotatable bonds is 5. The molecular formula is C9H17NO4S2. The largest absolute Gasteiger partial charge is 0.480 e. The van der Waals surface area contributed by atoms with Crippen LogP contribution in [0, 0.1) is 0 Å². The Hall–Kier alpha value is -0.270. The van der Waals surface area contributed by atoms with Gasteiger partial charge in [-0.3, -0.25) is 4.79 Å². The zero-order valence-electron chi connectivity index (χ0n) is 9.39. The van der Waals surface area contributed by atoms with Crippen LogP contribution in [-0.4, -0.2) is 41.8 Å². The average molecular weight is 267 g/mol. The third kappa shape index (κ3) is 3.36. The van der Waals surface area contributed by atoms with Gasteiger partial charge >= 0.3 is 5.97 Å². The van der Waals surface area contributed by atoms with Gasteiger partial charge in [-0.1, -0.05) is 0 Å². The minimum atomic E-state index is -3.75. The molecule has 0 radical (unpaired) electrons. The molecule has 16 heavy (non-hydrogen) atoms. The SMILES string of the molecule is CC(C(=O)O)S(=O)(=O)NCC1(C)CCCS1. The maximum absolute atomic E-state index is 11.6. The first-order valence-electron chi connectivity index (χ1n) is 5.12. The number of carboxylic acids is 1. The number of nitrogens with one attached hydrogen (secondary N) is 1. The highest BCUT2D eigenvalue weighted by Gasteiger charge is 2.33. The summed E-state index contributed by atoms with van der Waals surface area (Å²) in [6.45, 7) is 3.48. The van der Waals surface area contributed by atoms with Crippen LogP contribution in [-0.2, 0) is 14.8 Å². The number of thioether (sulfide) groups is 1. The van der Waals surface area contributed by atoms with E-state index < -0.39 is 21.2 Å². The molecule has 0 saturated carbocycles. The van der Waals surface area contributed by atoms with Gasteiger partial charge in [-0.15, -0.1) is 0 Å². The van der Waals surface area contributed by atoms with Crippen molar-refractivity contribution in [2.75, 3.05) is 12.3 Å². The van der Waals surface area contributed by atoms with Crippen LogP contribution in [0.25, 0.3) is 0 Å². The highest BCUT2D eigenvalue weighted by atomic mass is 32.2. The van der Waals surface area contributed by atoms with Crippen LogP contribution in [0.3, 0.4) is 0 Å². The Morgan fingerprint density at radius 1 is 1.62 bits per heavy atom. The van der Waals surface area contributed by atoms with Crippen molar-refractivity contribution in [1.82, 2.24) is 4.72 Å². The van der Waals surface area contributed by atoms with Gasteiger partial charge in [-0.25, -0.2) is 13.1 Å². The van der Waals surface area contributed by atoms with Crippen LogP contribution in [0.5, 0.6) is 0 Å². The molecule has 0 aliphatic carbocycles. The van der Waals surface area contributed by atoms with Gasteiger partial charge in [0.1, 0.15) is 0 Å². The van der Waals surface area contributed by atoms with Gasteiger partial charge in [0.15, 0.2) is 5.25 Å². The monoisotopic (exact) mass is 267 g/mol. The normalized spacial score (nSPS) is 27.9. The van der Waals surface area contributed by atoms with Crippen LogP contribution >= 0.6 is 11.8 Å². The Balaban J connectivity index is 2.57. The first-order valence-corrected chi connectivity index (χ1v) is 7.65. The highest BCUT2D eigenvalue weighted by Crippen LogP contribution is 2.37. The molecule has 0 aromatic heterocycles. The van der Waals surface area contributed by atoms with E-state index in [2.05, 4.69) is 4.72 Å². The molecule has 1 saturated heterocycles. The van der Waals surface area contributed by atoms with Crippen molar-refractivity contribution in [3.8, 4) is 0 Å². The van der Waals surface area contributed by atoms with Crippen LogP contribution in [0.2, 0.25) is 0 Å². The van der Waals surface area contributed by atoms with Gasteiger partial charge < -0.3 is 5.11 Å². The van der Waals surface area contributed by atoms with E-state index in [1.165, 1.54) is 6.92 Å². The third-order valence-corrected chi connectivity index (χ3v) is 5.98. The maximum Gasteiger partial charge on any atom is 0.323 e. The quantitative estimate of drug-likeness (QED) is 0.764. The summed E-state index contributed by atoms with van der Waals surface area (Å²) in [6.07, 6.45) is 2.04. The van der Waals surface area contributed by atoms with E-state index in [4.69, 9.17) is 5.11 Å². The zero-order chi connectivity index (χ0) is 12.4. The molecule has 0 aromatic carbocycles. The molecule has 2 atom stereocenters. The molecule has 7 heteroatoms. The second kappa shape index (κ2) is 4.93. The first kappa shape index (κ1) is 13.8. The first-order chi connectivity index (χ1) is 7.27. The Bertz CT molecular complexity index is 360. The molecule has 2 N–H and O–H groups in total. The average Bonchev–Trinajstić information content (AvgIpc) is 2.62. The fraction of sp³-hybridized carbons (Fsp3) is 0.889. The predicted octanol–water partition coefficient (Wildman–Crippen LogP) is 0.665. The molecule has 0 spiro atoms. The summed E-state index contributed by atoms with van der Waals surface area (Å²) < 4.78 is 25.4. The summed E-state index contributed by atoms with van der Waals surface area (Å²) in [4.78, 5) is 10.6. The van der Waals surface area contributed by atoms with Crippen LogP contribution in [0.1, 0.15) is 26.7 Å². The minimum Gasteiger partial charge on any atom is -0.480 e. The summed E-state index contributed by atoms with van der Waals surface area (Å²) in [5.74, 6) is -0.288. The lowest BCUT2D eigenvalue weighted by Crippen LogP contribution is -2.43. The van der Waals surface area contributed by atoms with Gasteiger partial charge in [-0.2, -0.15) is 11.8 Å². The van der Waals surface area contributed by atoms with Crippen LogP contribution in [0.4, 0.5) is 0 Å². The second-order valence-electron chi connectivity index (χ2n) is 4.25. The van der Waals surface area contributed by atoms with Crippen molar-refractivity contribution in [3.63, 3.8) is 0 Å². The minimum absolute atomic E-state index is 0.0920. The van der Waals surface area contributed by atoms with E-state index in [1.807, 2.05) is 6.92 Å². The number of hydrogen-bond acceptors (Lipinski definition) is 4. The molecule has 0 aromatic rings. The molecule has 0 bridgehead atoms. The number of aliphatic carboxylic acids is 1. The van der Waals surface area contributed by atoms with E-state index >= 15 is 0 Å². The van der Waals surface area contributed by atoms with E-state index in [9.17, 15) is 13.2 Å². The lowest BCUT2D eigenvalue weighted by molar-refractivity contribution is -0.136. The van der Waals surface area contributed by atoms with Crippen LogP contribution < -0.4 is 4.72 Å². The van der Waals surface area contributed by atoms with Gasteiger partial charge in [0, 0.05) is 11.3 Å². The molecule has 1 rings (SSSR count). The van der Waals surface area contributed by atoms with Gasteiger partial charge in [-0.05, 0) is 32.4 Å². The molecule has 1 aliphatic rings. The highest BCUT2D eigenvalue weighted by molar-refractivity contribution is 8.01. The van der Waals surface area contributed by atoms with Gasteiger partial charge in [0.25, 0.3) is 0 Å². The van der Waals surface area contributed by atoms with Crippen molar-refractivity contribution in [1.29, 1.82) is 0 Å². The molecule has 1 aliphatic heterocycles. The second-order valence-corrected chi connectivity index (χ2v) is 8.02. The Morgan fingerprint density at radius 3 is 2.69 bits per heavy atom. The van der Waals surface area contributed by atoms with E-state index in [1.54, 1.807) is 11.8 Å². The summed E-state index contributed by atoms with van der Waals surface area (Å²) in [5.41, 5.74) is 0. The zero-order valence-corrected chi connectivity index (χ0v) is 11.0. The lowest BCUT2D eigenvalue weighted by atomic mass is 10.1. The lowest BCUT2D eigenvalue weighted by Gasteiger charge is -2.23. The van der Waals surface area contributed by atoms with E-state index in [-0.39, 0.29) is 4.75 Å². The summed E-state index contributed by atoms with van der Waals surface area (Å²) in [6, 6.07) is 0. The standard InChI is InChI=1S/C9H17NO4S2/c1-7(8(11)12)16(13,14)10-6-9(2)4-3-5-15-9/h7,10H,3-6H2,1-2H3,(H,11,12). The van der Waals surface area contributed by atoms with Crippen molar-refractivity contribution in [2.45, 2.75) is 36.7 Å². The Labute approximate surface area is 100 Å². The predicted molar refractivity (Wildman–Crippen MR) is 64.1 cm³/mol. The number of carboxylic acid groups (broad SMARTS) is 1. The molecule has 1 heterocycles. The van der Waals surface area contributed by atoms with E-state index in [0.717, 1.165) is 18.6 Å². The fourth-order valence-corrected chi connectivity index (χ4v) is 3.86. The van der Waals surface area contributed by atoms with E-state index in [0.29, 0.717) is 6.54 Å². The number of sulfonamides is 1. The van der Waals surface area contributed by atoms with Gasteiger partial charge in [0.05, 0.1) is 0 Å². The molecule has 1 fully saturated rings. The number of hydrogen-bond donors (Lipinski definition) is 2. The number of carbonyl (C=O) groups is 1. The Kier molecular flexibility index (Phi) is 4.25. The van der Waals surface area contributed by atoms with Gasteiger partial charge in [0.2, 0.25) is 10.0 Å². The van der Waals surface area contributed by atoms with Crippen molar-refractivity contribution in [3.05, 3.63) is 0 Å². The smallest absolute Gasteiger partial charge is 0.323 e. The molecular weight excluding hydrogens is 250 g/mol. The molecule has 5 nitrogen and oxygen atoms in total. The summed E-state index contributed by atoms with van der Waals surface area (Å²) in [7, 11) is -3.75. The van der Waals surface area contributed by atoms with Crippen molar-refractivity contribution >= 4 is 27.8 Å². The molecule has 0 amide bonds. The topological polar surface area (TPSA) is 83.5 Å². The fourth-order valence-electron chi connectivity index (χ4n) is 1.49. The van der Waals surface area contributed by atoms with Crippen molar-refractivity contribution in [2.24, 2.45) is 0 Å². The third-order valence-electron chi connectivity index (χ3n) is 2.76. The van der Waals surface area contributed by atoms with Crippen LogP contribution in [0.15, 0.2) is 0 Å². The van der Waals surface area contributed by atoms with Crippen molar-refractivity contribution < 1.29 is 18.3 Å². The Morgan fingerprint density at radius 2 is 2.25 bits per heavy atom. The molecule has 2 unspecified atom stereocenters. The summed E-state index contributed by atoms with van der Waals surface area (Å²) in [5, 5.41) is 7.25. The summed E-state index contributed by atoms with van der Waals surface area (Å²) >= 11 is 1.73. The molecule has 94 valence electrons. The maximum atomic E-state index is 11.6.